The fourth-order valence-electron chi connectivity index (χ4n) is 1.54. The highest BCUT2D eigenvalue weighted by Crippen LogP contribution is 2.15. The van der Waals surface area contributed by atoms with Gasteiger partial charge in [0.1, 0.15) is 18.3 Å². The maximum Gasteiger partial charge on any atom is 0.328 e. The quantitative estimate of drug-likeness (QED) is 0.365. The molecule has 5 N–H and O–H groups in total. The van der Waals surface area contributed by atoms with E-state index < -0.39 is 47.0 Å². The Bertz CT molecular complexity index is 398. The number of ether oxygens (including phenoxy) is 1. The van der Waals surface area contributed by atoms with Gasteiger partial charge in [0.2, 0.25) is 10.0 Å². The minimum atomic E-state index is -3.71. The number of rotatable bonds is 3. The lowest BCUT2D eigenvalue weighted by Crippen LogP contribution is -2.61. The van der Waals surface area contributed by atoms with Crippen LogP contribution in [0.3, 0.4) is 0 Å². The highest BCUT2D eigenvalue weighted by atomic mass is 32.2. The fraction of sp³-hybridized carbons (Fsp3) is 0.875. The number of hydrogen-bond acceptors (Lipinski definition) is 7. The summed E-state index contributed by atoms with van der Waals surface area (Å²) in [4.78, 5) is 11.2. The molecule has 2 amide bonds. The molecular weight excluding hydrogens is 268 g/mol. The molecule has 1 aliphatic heterocycles. The third-order valence-electron chi connectivity index (χ3n) is 2.41. The van der Waals surface area contributed by atoms with Gasteiger partial charge in [-0.25, -0.2) is 17.9 Å². The normalized spacial score (nSPS) is 32.9. The Morgan fingerprint density at radius 1 is 1.39 bits per heavy atom. The summed E-state index contributed by atoms with van der Waals surface area (Å²) in [6, 6.07) is -2.00. The molecule has 0 unspecified atom stereocenters. The summed E-state index contributed by atoms with van der Waals surface area (Å²) >= 11 is 0. The average molecular weight is 284 g/mol. The van der Waals surface area contributed by atoms with Gasteiger partial charge in [0.05, 0.1) is 25.5 Å². The number of nitrogens with one attached hydrogen (secondary N) is 2. The first-order chi connectivity index (χ1) is 8.24. The first kappa shape index (κ1) is 15.1. The van der Waals surface area contributed by atoms with E-state index in [9.17, 15) is 23.4 Å². The van der Waals surface area contributed by atoms with Crippen LogP contribution in [0, 0.1) is 0 Å². The van der Waals surface area contributed by atoms with Crippen molar-refractivity contribution in [3.05, 3.63) is 0 Å². The van der Waals surface area contributed by atoms with Crippen molar-refractivity contribution in [3.8, 4) is 0 Å². The van der Waals surface area contributed by atoms with Crippen LogP contribution in [0.5, 0.6) is 0 Å². The summed E-state index contributed by atoms with van der Waals surface area (Å²) in [5, 5.41) is 30.2. The lowest BCUT2D eigenvalue weighted by Gasteiger charge is -2.36. The number of sulfonamides is 1. The van der Waals surface area contributed by atoms with Crippen molar-refractivity contribution in [3.63, 3.8) is 0 Å². The Kier molecular flexibility index (Phi) is 4.87. The fourth-order valence-corrected chi connectivity index (χ4v) is 1.93. The second-order valence-corrected chi connectivity index (χ2v) is 5.74. The van der Waals surface area contributed by atoms with Gasteiger partial charge >= 0.3 is 6.03 Å². The maximum atomic E-state index is 11.2. The second-order valence-electron chi connectivity index (χ2n) is 3.99. The van der Waals surface area contributed by atoms with Crippen LogP contribution in [0.25, 0.3) is 0 Å². The summed E-state index contributed by atoms with van der Waals surface area (Å²) in [6.07, 6.45) is -2.86. The molecule has 0 spiro atoms. The Labute approximate surface area is 104 Å². The summed E-state index contributed by atoms with van der Waals surface area (Å²) in [7, 11) is -3.71. The second kappa shape index (κ2) is 5.80. The molecule has 10 heteroatoms. The molecule has 106 valence electrons. The number of carbonyl (C=O) groups excluding carboxylic acids is 1. The molecule has 9 nitrogen and oxygen atoms in total. The molecule has 1 rings (SSSR count). The van der Waals surface area contributed by atoms with Gasteiger partial charge in [0, 0.05) is 0 Å². The van der Waals surface area contributed by atoms with Crippen molar-refractivity contribution >= 4 is 16.1 Å². The van der Waals surface area contributed by atoms with E-state index in [-0.39, 0.29) is 6.61 Å². The van der Waals surface area contributed by atoms with E-state index in [1.165, 1.54) is 0 Å². The van der Waals surface area contributed by atoms with Gasteiger partial charge < -0.3 is 25.4 Å². The Morgan fingerprint density at radius 2 is 2.00 bits per heavy atom. The molecule has 0 radical (unpaired) electrons. The van der Waals surface area contributed by atoms with Crippen LogP contribution in [-0.4, -0.2) is 73.6 Å². The number of hydrogen-bond donors (Lipinski definition) is 5. The largest absolute Gasteiger partial charge is 0.394 e. The van der Waals surface area contributed by atoms with Crippen molar-refractivity contribution in [2.75, 3.05) is 19.5 Å². The monoisotopic (exact) mass is 284 g/mol. The minimum absolute atomic E-state index is 0.152. The molecule has 1 heterocycles. The topological polar surface area (TPSA) is 145 Å². The van der Waals surface area contributed by atoms with Crippen molar-refractivity contribution in [1.82, 2.24) is 10.0 Å². The van der Waals surface area contributed by atoms with Crippen molar-refractivity contribution < 1.29 is 33.3 Å². The van der Waals surface area contributed by atoms with Gasteiger partial charge in [-0.15, -0.1) is 0 Å². The van der Waals surface area contributed by atoms with Crippen molar-refractivity contribution in [1.29, 1.82) is 0 Å². The summed E-state index contributed by atoms with van der Waals surface area (Å²) in [5.41, 5.74) is 0. The molecule has 1 saturated heterocycles. The van der Waals surface area contributed by atoms with Gasteiger partial charge in [-0.2, -0.15) is 0 Å². The van der Waals surface area contributed by atoms with E-state index in [0.29, 0.717) is 0 Å². The molecule has 4 atom stereocenters. The van der Waals surface area contributed by atoms with Crippen LogP contribution in [-0.2, 0) is 14.8 Å². The van der Waals surface area contributed by atoms with Crippen LogP contribution < -0.4 is 10.0 Å². The maximum absolute atomic E-state index is 11.2. The first-order valence-corrected chi connectivity index (χ1v) is 7.00. The SMILES string of the molecule is CS(=O)(=O)NC(=O)N[C@@H]1CO[C@H](CO)[C@H](O)[C@@H]1O. The van der Waals surface area contributed by atoms with Gasteiger partial charge in [-0.05, 0) is 0 Å². The van der Waals surface area contributed by atoms with Crippen LogP contribution >= 0.6 is 0 Å². The standard InChI is InChI=1S/C8H16N2O7S/c1-18(15,16)10-8(14)9-4-3-17-5(2-11)7(13)6(4)12/h4-7,11-13H,2-3H2,1H3,(H2,9,10,14)/t4-,5-,6-,7+/m1/s1. The highest BCUT2D eigenvalue weighted by Gasteiger charge is 2.38. The molecule has 0 bridgehead atoms. The number of aliphatic hydroxyl groups is 3. The molecule has 0 aromatic rings. The van der Waals surface area contributed by atoms with E-state index >= 15 is 0 Å². The zero-order valence-electron chi connectivity index (χ0n) is 9.61. The van der Waals surface area contributed by atoms with Gasteiger partial charge in [0.25, 0.3) is 0 Å². The van der Waals surface area contributed by atoms with Gasteiger partial charge in [-0.1, -0.05) is 0 Å². The van der Waals surface area contributed by atoms with E-state index in [1.807, 2.05) is 0 Å². The number of aliphatic hydroxyl groups excluding tert-OH is 3. The third kappa shape index (κ3) is 4.07. The minimum Gasteiger partial charge on any atom is -0.394 e. The number of urea groups is 1. The predicted octanol–water partition coefficient (Wildman–Crippen LogP) is -3.27. The molecule has 18 heavy (non-hydrogen) atoms. The zero-order chi connectivity index (χ0) is 13.9. The molecular formula is C8H16N2O7S. The molecule has 0 aromatic carbocycles. The first-order valence-electron chi connectivity index (χ1n) is 5.11. The summed E-state index contributed by atoms with van der Waals surface area (Å²) < 4.78 is 28.2. The summed E-state index contributed by atoms with van der Waals surface area (Å²) in [6.45, 7) is -0.624. The van der Waals surface area contributed by atoms with E-state index in [0.717, 1.165) is 6.26 Å². The van der Waals surface area contributed by atoms with Crippen molar-refractivity contribution in [2.24, 2.45) is 0 Å². The molecule has 0 aliphatic carbocycles. The number of carbonyl (C=O) groups is 1. The zero-order valence-corrected chi connectivity index (χ0v) is 10.4. The average Bonchev–Trinajstić information content (AvgIpc) is 2.22. The molecule has 0 saturated carbocycles. The van der Waals surface area contributed by atoms with Gasteiger partial charge in [-0.3, -0.25) is 0 Å². The van der Waals surface area contributed by atoms with Gasteiger partial charge in [0.15, 0.2) is 0 Å². The lowest BCUT2D eigenvalue weighted by molar-refractivity contribution is -0.159. The molecule has 0 aromatic heterocycles. The predicted molar refractivity (Wildman–Crippen MR) is 59.1 cm³/mol. The molecule has 1 fully saturated rings. The third-order valence-corrected chi connectivity index (χ3v) is 2.96. The molecule has 1 aliphatic rings. The van der Waals surface area contributed by atoms with Crippen LogP contribution in [0.15, 0.2) is 0 Å². The Morgan fingerprint density at radius 3 is 2.50 bits per heavy atom. The van der Waals surface area contributed by atoms with Crippen LogP contribution in [0.1, 0.15) is 0 Å². The van der Waals surface area contributed by atoms with E-state index in [2.05, 4.69) is 5.32 Å². The Hall–Kier alpha value is -0.940. The highest BCUT2D eigenvalue weighted by molar-refractivity contribution is 7.89. The Balaban J connectivity index is 2.56. The van der Waals surface area contributed by atoms with Crippen LogP contribution in [0.2, 0.25) is 0 Å². The van der Waals surface area contributed by atoms with E-state index in [1.54, 1.807) is 4.72 Å². The van der Waals surface area contributed by atoms with Crippen molar-refractivity contribution in [2.45, 2.75) is 24.4 Å². The lowest BCUT2D eigenvalue weighted by atomic mass is 9.98. The van der Waals surface area contributed by atoms with Crippen LogP contribution in [0.4, 0.5) is 4.79 Å². The summed E-state index contributed by atoms with van der Waals surface area (Å²) in [5.74, 6) is 0. The smallest absolute Gasteiger partial charge is 0.328 e. The van der Waals surface area contributed by atoms with E-state index in [4.69, 9.17) is 9.84 Å². The number of amides is 2.